The Kier molecular flexibility index (Phi) is 5.46. The van der Waals surface area contributed by atoms with E-state index in [1.165, 1.54) is 6.07 Å². The van der Waals surface area contributed by atoms with Crippen LogP contribution in [0.15, 0.2) is 53.5 Å². The summed E-state index contributed by atoms with van der Waals surface area (Å²) in [5, 5.41) is 12.8. The van der Waals surface area contributed by atoms with Gasteiger partial charge in [-0.2, -0.15) is 0 Å². The van der Waals surface area contributed by atoms with Crippen molar-refractivity contribution in [2.24, 2.45) is 0 Å². The fourth-order valence-electron chi connectivity index (χ4n) is 4.13. The van der Waals surface area contributed by atoms with E-state index in [-0.39, 0.29) is 11.1 Å². The molecule has 2 aromatic carbocycles. The molecular formula is C24H24FN5O2. The number of rotatable bonds is 4. The normalized spacial score (nSPS) is 14.6. The number of aromatic amines is 2. The number of fused-ring (bicyclic) bond motifs is 1. The molecule has 5 rings (SSSR count). The van der Waals surface area contributed by atoms with E-state index in [0.717, 1.165) is 49.3 Å². The SMILES string of the molecule is O=c1[nH]cc(-c2ccc(F)c(CO)c2)cc1-c1nc2ccc(N3CCCNCC3)cc2[nH]1. The monoisotopic (exact) mass is 433 g/mol. The van der Waals surface area contributed by atoms with Gasteiger partial charge in [0.1, 0.15) is 11.6 Å². The second-order valence-electron chi connectivity index (χ2n) is 7.97. The topological polar surface area (TPSA) is 97.0 Å². The predicted octanol–water partition coefficient (Wildman–Crippen LogP) is 3.02. The van der Waals surface area contributed by atoms with Gasteiger partial charge < -0.3 is 25.3 Å². The van der Waals surface area contributed by atoms with Gasteiger partial charge in [0.05, 0.1) is 23.2 Å². The number of aliphatic hydroxyl groups is 1. The molecule has 0 unspecified atom stereocenters. The highest BCUT2D eigenvalue weighted by Gasteiger charge is 2.14. The second-order valence-corrected chi connectivity index (χ2v) is 7.97. The zero-order valence-electron chi connectivity index (χ0n) is 17.5. The number of aliphatic hydroxyl groups excluding tert-OH is 1. The van der Waals surface area contributed by atoms with E-state index in [1.54, 1.807) is 24.4 Å². The van der Waals surface area contributed by atoms with Gasteiger partial charge in [0.25, 0.3) is 5.56 Å². The molecule has 3 heterocycles. The predicted molar refractivity (Wildman–Crippen MR) is 123 cm³/mol. The molecule has 0 spiro atoms. The number of hydrogen-bond donors (Lipinski definition) is 4. The van der Waals surface area contributed by atoms with Gasteiger partial charge in [-0.1, -0.05) is 6.07 Å². The maximum absolute atomic E-state index is 13.8. The second kappa shape index (κ2) is 8.57. The molecule has 0 saturated carbocycles. The Morgan fingerprint density at radius 2 is 1.97 bits per heavy atom. The number of H-pyrrole nitrogens is 2. The lowest BCUT2D eigenvalue weighted by molar-refractivity contribution is 0.276. The van der Waals surface area contributed by atoms with Crippen molar-refractivity contribution in [1.29, 1.82) is 0 Å². The molecule has 1 aliphatic heterocycles. The van der Waals surface area contributed by atoms with Crippen LogP contribution in [0.3, 0.4) is 0 Å². The first-order chi connectivity index (χ1) is 15.6. The summed E-state index contributed by atoms with van der Waals surface area (Å²) in [5.74, 6) is 0.0106. The van der Waals surface area contributed by atoms with E-state index < -0.39 is 12.4 Å². The minimum Gasteiger partial charge on any atom is -0.392 e. The third-order valence-corrected chi connectivity index (χ3v) is 5.88. The summed E-state index contributed by atoms with van der Waals surface area (Å²) in [6, 6.07) is 12.3. The van der Waals surface area contributed by atoms with Crippen LogP contribution in [0.2, 0.25) is 0 Å². The van der Waals surface area contributed by atoms with E-state index in [2.05, 4.69) is 37.3 Å². The molecule has 1 fully saturated rings. The van der Waals surface area contributed by atoms with Gasteiger partial charge in [-0.05, 0) is 60.5 Å². The van der Waals surface area contributed by atoms with Crippen molar-refractivity contribution in [1.82, 2.24) is 20.3 Å². The Balaban J connectivity index is 1.52. The smallest absolute Gasteiger partial charge is 0.259 e. The number of hydrogen-bond acceptors (Lipinski definition) is 5. The molecule has 0 amide bonds. The number of pyridine rings is 1. The summed E-state index contributed by atoms with van der Waals surface area (Å²) < 4.78 is 13.8. The van der Waals surface area contributed by atoms with Crippen LogP contribution in [0, 0.1) is 5.82 Å². The molecule has 32 heavy (non-hydrogen) atoms. The molecule has 0 aliphatic carbocycles. The van der Waals surface area contributed by atoms with Crippen molar-refractivity contribution in [3.05, 3.63) is 70.4 Å². The van der Waals surface area contributed by atoms with Crippen LogP contribution in [-0.2, 0) is 6.61 Å². The largest absolute Gasteiger partial charge is 0.392 e. The standard InChI is InChI=1S/C24H24FN5O2/c25-20-4-2-15(10-17(20)14-31)16-11-19(24(32)27-13-16)23-28-21-5-3-18(12-22(21)29-23)30-8-1-6-26-7-9-30/h2-5,10-13,26,31H,1,6-9,14H2,(H,27,32)(H,28,29). The molecule has 0 bridgehead atoms. The maximum Gasteiger partial charge on any atom is 0.259 e. The van der Waals surface area contributed by atoms with Crippen molar-refractivity contribution < 1.29 is 9.50 Å². The Bertz CT molecular complexity index is 1320. The van der Waals surface area contributed by atoms with Crippen LogP contribution < -0.4 is 15.8 Å². The van der Waals surface area contributed by atoms with Crippen molar-refractivity contribution in [3.63, 3.8) is 0 Å². The number of nitrogens with zero attached hydrogens (tertiary/aromatic N) is 2. The van der Waals surface area contributed by atoms with Crippen LogP contribution in [0.1, 0.15) is 12.0 Å². The molecule has 7 nitrogen and oxygen atoms in total. The summed E-state index contributed by atoms with van der Waals surface area (Å²) in [6.45, 7) is 3.53. The van der Waals surface area contributed by atoms with Gasteiger partial charge in [0.2, 0.25) is 0 Å². The number of imidazole rings is 1. The number of anilines is 1. The van der Waals surface area contributed by atoms with Gasteiger partial charge >= 0.3 is 0 Å². The Labute approximate surface area is 183 Å². The summed E-state index contributed by atoms with van der Waals surface area (Å²) in [5.41, 5.74) is 4.51. The van der Waals surface area contributed by atoms with Crippen molar-refractivity contribution in [3.8, 4) is 22.5 Å². The molecule has 2 aromatic heterocycles. The fourth-order valence-corrected chi connectivity index (χ4v) is 4.13. The van der Waals surface area contributed by atoms with E-state index in [9.17, 15) is 14.3 Å². The summed E-state index contributed by atoms with van der Waals surface area (Å²) in [4.78, 5) is 25.6. The van der Waals surface area contributed by atoms with E-state index in [1.807, 2.05) is 6.07 Å². The Hall–Kier alpha value is -3.49. The minimum absolute atomic E-state index is 0.204. The Morgan fingerprint density at radius 1 is 1.06 bits per heavy atom. The molecular weight excluding hydrogens is 409 g/mol. The lowest BCUT2D eigenvalue weighted by atomic mass is 10.0. The van der Waals surface area contributed by atoms with E-state index in [0.29, 0.717) is 22.5 Å². The highest BCUT2D eigenvalue weighted by Crippen LogP contribution is 2.27. The number of nitrogens with one attached hydrogen (secondary N) is 3. The van der Waals surface area contributed by atoms with Crippen molar-refractivity contribution in [2.75, 3.05) is 31.1 Å². The fraction of sp³-hybridized carbons (Fsp3) is 0.250. The zero-order chi connectivity index (χ0) is 22.1. The third-order valence-electron chi connectivity index (χ3n) is 5.88. The van der Waals surface area contributed by atoms with Gasteiger partial charge in [0, 0.05) is 37.1 Å². The first kappa shape index (κ1) is 20.4. The first-order valence-corrected chi connectivity index (χ1v) is 10.7. The quantitative estimate of drug-likeness (QED) is 0.397. The number of halogens is 1. The van der Waals surface area contributed by atoms with E-state index in [4.69, 9.17) is 0 Å². The maximum atomic E-state index is 13.8. The highest BCUT2D eigenvalue weighted by atomic mass is 19.1. The summed E-state index contributed by atoms with van der Waals surface area (Å²) in [6.07, 6.45) is 2.67. The van der Waals surface area contributed by atoms with E-state index >= 15 is 0 Å². The molecule has 164 valence electrons. The average molecular weight is 433 g/mol. The highest BCUT2D eigenvalue weighted by molar-refractivity contribution is 5.83. The lowest BCUT2D eigenvalue weighted by Gasteiger charge is -2.22. The molecule has 8 heteroatoms. The van der Waals surface area contributed by atoms with Gasteiger partial charge in [0.15, 0.2) is 0 Å². The van der Waals surface area contributed by atoms with Gasteiger partial charge in [-0.15, -0.1) is 0 Å². The summed E-state index contributed by atoms with van der Waals surface area (Å²) in [7, 11) is 0. The molecule has 0 atom stereocenters. The molecule has 4 N–H and O–H groups in total. The minimum atomic E-state index is -0.464. The van der Waals surface area contributed by atoms with Crippen LogP contribution in [0.5, 0.6) is 0 Å². The molecule has 1 aliphatic rings. The lowest BCUT2D eigenvalue weighted by Crippen LogP contribution is -2.27. The first-order valence-electron chi connectivity index (χ1n) is 10.7. The van der Waals surface area contributed by atoms with Crippen LogP contribution in [-0.4, -0.2) is 46.2 Å². The number of benzene rings is 2. The van der Waals surface area contributed by atoms with Gasteiger partial charge in [-0.25, -0.2) is 9.37 Å². The van der Waals surface area contributed by atoms with Crippen molar-refractivity contribution in [2.45, 2.75) is 13.0 Å². The third kappa shape index (κ3) is 3.90. The zero-order valence-corrected chi connectivity index (χ0v) is 17.5. The summed E-state index contributed by atoms with van der Waals surface area (Å²) >= 11 is 0. The molecule has 1 saturated heterocycles. The average Bonchev–Trinajstić information content (AvgIpc) is 3.04. The Morgan fingerprint density at radius 3 is 2.84 bits per heavy atom. The van der Waals surface area contributed by atoms with Crippen molar-refractivity contribution >= 4 is 16.7 Å². The van der Waals surface area contributed by atoms with Gasteiger partial charge in [-0.3, -0.25) is 4.79 Å². The van der Waals surface area contributed by atoms with Crippen LogP contribution >= 0.6 is 0 Å². The van der Waals surface area contributed by atoms with Crippen LogP contribution in [0.4, 0.5) is 10.1 Å². The molecule has 0 radical (unpaired) electrons. The molecule has 4 aromatic rings. The van der Waals surface area contributed by atoms with Crippen LogP contribution in [0.25, 0.3) is 33.5 Å². The number of aromatic nitrogens is 3.